The normalized spacial score (nSPS) is 23.9. The number of methoxy groups -OCH3 is 1. The van der Waals surface area contributed by atoms with E-state index in [0.717, 1.165) is 25.7 Å². The molecule has 1 aromatic carbocycles. The zero-order valence-corrected chi connectivity index (χ0v) is 10.7. The summed E-state index contributed by atoms with van der Waals surface area (Å²) >= 11 is 0. The highest BCUT2D eigenvalue weighted by molar-refractivity contribution is 5.30. The largest absolute Gasteiger partial charge is 0.494 e. The molecule has 1 saturated carbocycles. The van der Waals surface area contributed by atoms with Crippen LogP contribution in [0.5, 0.6) is 5.75 Å². The SMILES string of the molecule is COc1cccc(COC2CCCC(N)C2)c1F. The van der Waals surface area contributed by atoms with Gasteiger partial charge in [-0.1, -0.05) is 12.1 Å². The van der Waals surface area contributed by atoms with Crippen LogP contribution in [0.4, 0.5) is 4.39 Å². The van der Waals surface area contributed by atoms with Crippen LogP contribution in [0.1, 0.15) is 31.2 Å². The smallest absolute Gasteiger partial charge is 0.170 e. The van der Waals surface area contributed by atoms with Crippen LogP contribution < -0.4 is 10.5 Å². The van der Waals surface area contributed by atoms with E-state index >= 15 is 0 Å². The van der Waals surface area contributed by atoms with Crippen molar-refractivity contribution in [2.75, 3.05) is 7.11 Å². The van der Waals surface area contributed by atoms with E-state index in [-0.39, 0.29) is 30.3 Å². The molecule has 1 aliphatic carbocycles. The lowest BCUT2D eigenvalue weighted by Crippen LogP contribution is -2.32. The number of benzene rings is 1. The van der Waals surface area contributed by atoms with Crippen molar-refractivity contribution >= 4 is 0 Å². The molecule has 100 valence electrons. The number of nitrogens with two attached hydrogens (primary N) is 1. The first kappa shape index (κ1) is 13.3. The lowest BCUT2D eigenvalue weighted by atomic mass is 9.93. The molecular formula is C14H20FNO2. The average Bonchev–Trinajstić information content (AvgIpc) is 2.38. The first-order valence-electron chi connectivity index (χ1n) is 6.39. The van der Waals surface area contributed by atoms with Crippen LogP contribution >= 0.6 is 0 Å². The summed E-state index contributed by atoms with van der Waals surface area (Å²) in [6.45, 7) is 0.278. The fourth-order valence-electron chi connectivity index (χ4n) is 2.37. The maximum Gasteiger partial charge on any atom is 0.170 e. The number of hydrogen-bond acceptors (Lipinski definition) is 3. The third-order valence-corrected chi connectivity index (χ3v) is 3.40. The Kier molecular flexibility index (Phi) is 4.55. The van der Waals surface area contributed by atoms with Crippen molar-refractivity contribution in [1.29, 1.82) is 0 Å². The molecule has 4 heteroatoms. The standard InChI is InChI=1S/C14H20FNO2/c1-17-13-7-2-4-10(14(13)15)9-18-12-6-3-5-11(16)8-12/h2,4,7,11-12H,3,5-6,8-9,16H2,1H3. The van der Waals surface area contributed by atoms with Crippen molar-refractivity contribution in [2.45, 2.75) is 44.4 Å². The van der Waals surface area contributed by atoms with Gasteiger partial charge < -0.3 is 15.2 Å². The number of halogens is 1. The van der Waals surface area contributed by atoms with Gasteiger partial charge in [-0.2, -0.15) is 0 Å². The van der Waals surface area contributed by atoms with Gasteiger partial charge >= 0.3 is 0 Å². The van der Waals surface area contributed by atoms with Gasteiger partial charge in [0.25, 0.3) is 0 Å². The molecule has 2 N–H and O–H groups in total. The molecule has 0 amide bonds. The van der Waals surface area contributed by atoms with Crippen molar-refractivity contribution < 1.29 is 13.9 Å². The zero-order valence-electron chi connectivity index (χ0n) is 10.7. The highest BCUT2D eigenvalue weighted by atomic mass is 19.1. The third-order valence-electron chi connectivity index (χ3n) is 3.40. The van der Waals surface area contributed by atoms with E-state index in [1.165, 1.54) is 7.11 Å². The molecule has 0 bridgehead atoms. The third kappa shape index (κ3) is 3.21. The van der Waals surface area contributed by atoms with Crippen molar-refractivity contribution in [1.82, 2.24) is 0 Å². The van der Waals surface area contributed by atoms with Gasteiger partial charge in [0.15, 0.2) is 11.6 Å². The summed E-state index contributed by atoms with van der Waals surface area (Å²) in [7, 11) is 1.46. The second kappa shape index (κ2) is 6.16. The Morgan fingerprint density at radius 2 is 2.22 bits per heavy atom. The lowest BCUT2D eigenvalue weighted by Gasteiger charge is -2.26. The summed E-state index contributed by atoms with van der Waals surface area (Å²) in [6.07, 6.45) is 4.18. The number of ether oxygens (including phenoxy) is 2. The second-order valence-electron chi connectivity index (χ2n) is 4.79. The van der Waals surface area contributed by atoms with E-state index in [9.17, 15) is 4.39 Å². The van der Waals surface area contributed by atoms with Crippen LogP contribution in [0.15, 0.2) is 18.2 Å². The van der Waals surface area contributed by atoms with E-state index in [4.69, 9.17) is 15.2 Å². The fraction of sp³-hybridized carbons (Fsp3) is 0.571. The van der Waals surface area contributed by atoms with Crippen LogP contribution in [0.2, 0.25) is 0 Å². The molecule has 1 aromatic rings. The van der Waals surface area contributed by atoms with Crippen LogP contribution in [-0.2, 0) is 11.3 Å². The minimum absolute atomic E-state index is 0.152. The molecule has 18 heavy (non-hydrogen) atoms. The zero-order chi connectivity index (χ0) is 13.0. The maximum absolute atomic E-state index is 13.9. The quantitative estimate of drug-likeness (QED) is 0.897. The minimum atomic E-state index is -0.333. The Bertz CT molecular complexity index is 397. The van der Waals surface area contributed by atoms with E-state index in [0.29, 0.717) is 5.56 Å². The predicted molar refractivity (Wildman–Crippen MR) is 68.0 cm³/mol. The van der Waals surface area contributed by atoms with Gasteiger partial charge in [-0.3, -0.25) is 0 Å². The van der Waals surface area contributed by atoms with Crippen molar-refractivity contribution in [3.05, 3.63) is 29.6 Å². The van der Waals surface area contributed by atoms with Gasteiger partial charge in [-0.25, -0.2) is 4.39 Å². The van der Waals surface area contributed by atoms with Gasteiger partial charge in [0.2, 0.25) is 0 Å². The van der Waals surface area contributed by atoms with E-state index < -0.39 is 0 Å². The molecule has 0 radical (unpaired) electrons. The van der Waals surface area contributed by atoms with Crippen molar-refractivity contribution in [3.63, 3.8) is 0 Å². The Labute approximate surface area is 107 Å². The molecule has 2 unspecified atom stereocenters. The van der Waals surface area contributed by atoms with Gasteiger partial charge in [0.05, 0.1) is 19.8 Å². The minimum Gasteiger partial charge on any atom is -0.494 e. The molecular weight excluding hydrogens is 233 g/mol. The van der Waals surface area contributed by atoms with Gasteiger partial charge in [-0.15, -0.1) is 0 Å². The van der Waals surface area contributed by atoms with Crippen LogP contribution in [-0.4, -0.2) is 19.3 Å². The molecule has 0 heterocycles. The summed E-state index contributed by atoms with van der Waals surface area (Å²) in [5, 5.41) is 0. The fourth-order valence-corrected chi connectivity index (χ4v) is 2.37. The average molecular weight is 253 g/mol. The van der Waals surface area contributed by atoms with Crippen LogP contribution in [0, 0.1) is 5.82 Å². The lowest BCUT2D eigenvalue weighted by molar-refractivity contribution is 0.0109. The van der Waals surface area contributed by atoms with Gasteiger partial charge in [-0.05, 0) is 31.7 Å². The molecule has 3 nitrogen and oxygen atoms in total. The van der Waals surface area contributed by atoms with Gasteiger partial charge in [0, 0.05) is 11.6 Å². The summed E-state index contributed by atoms with van der Waals surface area (Å²) in [5.74, 6) is -0.0726. The molecule has 2 atom stereocenters. The number of rotatable bonds is 4. The Morgan fingerprint density at radius 1 is 1.39 bits per heavy atom. The topological polar surface area (TPSA) is 44.5 Å². The van der Waals surface area contributed by atoms with Crippen LogP contribution in [0.3, 0.4) is 0 Å². The predicted octanol–water partition coefficient (Wildman–Crippen LogP) is 2.62. The first-order chi connectivity index (χ1) is 8.70. The summed E-state index contributed by atoms with van der Waals surface area (Å²) in [5.41, 5.74) is 6.43. The van der Waals surface area contributed by atoms with Crippen molar-refractivity contribution in [2.24, 2.45) is 5.73 Å². The van der Waals surface area contributed by atoms with E-state index in [1.54, 1.807) is 18.2 Å². The van der Waals surface area contributed by atoms with E-state index in [1.807, 2.05) is 0 Å². The molecule has 2 rings (SSSR count). The summed E-state index contributed by atoms with van der Waals surface area (Å²) in [6, 6.07) is 5.32. The Morgan fingerprint density at radius 3 is 2.94 bits per heavy atom. The highest BCUT2D eigenvalue weighted by Crippen LogP contribution is 2.24. The molecule has 1 fully saturated rings. The molecule has 0 aliphatic heterocycles. The van der Waals surface area contributed by atoms with Gasteiger partial charge in [0.1, 0.15) is 0 Å². The molecule has 0 aromatic heterocycles. The Balaban J connectivity index is 1.93. The van der Waals surface area contributed by atoms with Crippen molar-refractivity contribution in [3.8, 4) is 5.75 Å². The molecule has 0 saturated heterocycles. The molecule has 0 spiro atoms. The summed E-state index contributed by atoms with van der Waals surface area (Å²) < 4.78 is 24.6. The van der Waals surface area contributed by atoms with Crippen LogP contribution in [0.25, 0.3) is 0 Å². The Hall–Kier alpha value is -1.13. The highest BCUT2D eigenvalue weighted by Gasteiger charge is 2.20. The maximum atomic E-state index is 13.9. The molecule has 1 aliphatic rings. The summed E-state index contributed by atoms with van der Waals surface area (Å²) in [4.78, 5) is 0. The monoisotopic (exact) mass is 253 g/mol. The number of hydrogen-bond donors (Lipinski definition) is 1. The van der Waals surface area contributed by atoms with E-state index in [2.05, 4.69) is 0 Å². The second-order valence-corrected chi connectivity index (χ2v) is 4.79. The first-order valence-corrected chi connectivity index (χ1v) is 6.39.